The van der Waals surface area contributed by atoms with Crippen LogP contribution in [0.15, 0.2) is 24.5 Å². The highest BCUT2D eigenvalue weighted by atomic mass is 16.1. The highest BCUT2D eigenvalue weighted by molar-refractivity contribution is 5.74. The first-order valence-electron chi connectivity index (χ1n) is 2.21. The molecule has 0 aliphatic carbocycles. The normalized spacial score (nSPS) is 8.50. The summed E-state index contributed by atoms with van der Waals surface area (Å²) in [5.41, 5.74) is 0.493. The molecule has 0 N–H and O–H groups in total. The first kappa shape index (κ1) is 4.97. The van der Waals surface area contributed by atoms with E-state index in [0.29, 0.717) is 5.56 Å². The zero-order chi connectivity index (χ0) is 5.82. The molecule has 0 unspecified atom stereocenters. The lowest BCUT2D eigenvalue weighted by Crippen LogP contribution is -1.77. The van der Waals surface area contributed by atoms with Gasteiger partial charge in [0.05, 0.1) is 0 Å². The lowest BCUT2D eigenvalue weighted by atomic mass is 10.3. The molecule has 0 bridgehead atoms. The highest BCUT2D eigenvalue weighted by Crippen LogP contribution is 1.87. The maximum Gasteiger partial charge on any atom is 0.235 e. The highest BCUT2D eigenvalue weighted by Gasteiger charge is 1.83. The van der Waals surface area contributed by atoms with Crippen LogP contribution in [-0.2, 0) is 4.79 Å². The van der Waals surface area contributed by atoms with Crippen molar-refractivity contribution in [2.75, 3.05) is 0 Å². The Morgan fingerprint density at radius 3 is 2.88 bits per heavy atom. The Morgan fingerprint density at radius 1 is 1.62 bits per heavy atom. The molecule has 1 rings (SSSR count). The van der Waals surface area contributed by atoms with Crippen LogP contribution in [0, 0.1) is 0 Å². The summed E-state index contributed by atoms with van der Waals surface area (Å²) < 4.78 is 0. The summed E-state index contributed by atoms with van der Waals surface area (Å²) >= 11 is 0. The molecule has 0 fully saturated rings. The average Bonchev–Trinajstić information content (AvgIpc) is 1.90. The molecule has 0 spiro atoms. The van der Waals surface area contributed by atoms with Gasteiger partial charge < -0.3 is 0 Å². The van der Waals surface area contributed by atoms with Gasteiger partial charge in [-0.25, -0.2) is 0 Å². The minimum absolute atomic E-state index is 0.493. The third-order valence-corrected chi connectivity index (χ3v) is 0.779. The van der Waals surface area contributed by atoms with Crippen LogP contribution >= 0.6 is 0 Å². The Hall–Kier alpha value is -1.18. The number of hydrogen-bond donors (Lipinski definition) is 0. The lowest BCUT2D eigenvalue weighted by molar-refractivity contribution is 0.562. The molecule has 2 heteroatoms. The fourth-order valence-electron chi connectivity index (χ4n) is 0.423. The van der Waals surface area contributed by atoms with Gasteiger partial charge in [-0.1, -0.05) is 0 Å². The molecule has 0 aliphatic heterocycles. The molecular weight excluding hydrogens is 102 g/mol. The number of aromatic nitrogens is 1. The smallest absolute Gasteiger partial charge is 0.235 e. The molecule has 1 heterocycles. The van der Waals surface area contributed by atoms with E-state index in [1.165, 1.54) is 6.20 Å². The zero-order valence-corrected chi connectivity index (χ0v) is 4.16. The molecular formula is C6H4NO. The molecule has 39 valence electrons. The third kappa shape index (κ3) is 0.904. The topological polar surface area (TPSA) is 30.0 Å². The summed E-state index contributed by atoms with van der Waals surface area (Å²) in [6, 6.07) is 3.35. The van der Waals surface area contributed by atoms with Crippen LogP contribution in [0.3, 0.4) is 0 Å². The molecule has 0 atom stereocenters. The van der Waals surface area contributed by atoms with Crippen molar-refractivity contribution in [1.29, 1.82) is 0 Å². The van der Waals surface area contributed by atoms with Crippen molar-refractivity contribution in [3.63, 3.8) is 0 Å². The van der Waals surface area contributed by atoms with Crippen LogP contribution in [-0.4, -0.2) is 11.3 Å². The maximum absolute atomic E-state index is 9.84. The first-order chi connectivity index (χ1) is 3.93. The minimum atomic E-state index is 0.493. The van der Waals surface area contributed by atoms with Crippen molar-refractivity contribution in [3.05, 3.63) is 30.1 Å². The fourth-order valence-corrected chi connectivity index (χ4v) is 0.423. The molecule has 0 aromatic carbocycles. The van der Waals surface area contributed by atoms with Crippen LogP contribution in [0.25, 0.3) is 0 Å². The Balaban J connectivity index is 2.99. The van der Waals surface area contributed by atoms with Gasteiger partial charge in [-0.15, -0.1) is 0 Å². The second-order valence-corrected chi connectivity index (χ2v) is 1.34. The van der Waals surface area contributed by atoms with E-state index >= 15 is 0 Å². The maximum atomic E-state index is 9.84. The molecule has 0 saturated heterocycles. The second kappa shape index (κ2) is 2.21. The van der Waals surface area contributed by atoms with E-state index in [1.807, 2.05) is 0 Å². The van der Waals surface area contributed by atoms with Gasteiger partial charge in [0.2, 0.25) is 6.29 Å². The SMILES string of the molecule is O=[C]c1cccnc1. The Kier molecular flexibility index (Phi) is 1.37. The molecule has 0 saturated carbocycles. The first-order valence-corrected chi connectivity index (χ1v) is 2.21. The lowest BCUT2D eigenvalue weighted by Gasteiger charge is -1.80. The second-order valence-electron chi connectivity index (χ2n) is 1.34. The van der Waals surface area contributed by atoms with E-state index in [-0.39, 0.29) is 0 Å². The van der Waals surface area contributed by atoms with Gasteiger partial charge in [0, 0.05) is 18.0 Å². The van der Waals surface area contributed by atoms with Crippen LogP contribution in [0.4, 0.5) is 0 Å². The monoisotopic (exact) mass is 106 g/mol. The van der Waals surface area contributed by atoms with Gasteiger partial charge >= 0.3 is 0 Å². The van der Waals surface area contributed by atoms with Gasteiger partial charge in [-0.2, -0.15) is 0 Å². The summed E-state index contributed by atoms with van der Waals surface area (Å²) in [6.45, 7) is 0. The van der Waals surface area contributed by atoms with Crippen LogP contribution in [0.1, 0.15) is 5.56 Å². The van der Waals surface area contributed by atoms with Crippen molar-refractivity contribution in [2.45, 2.75) is 0 Å². The summed E-state index contributed by atoms with van der Waals surface area (Å²) in [5, 5.41) is 0. The van der Waals surface area contributed by atoms with Crippen LogP contribution in [0.2, 0.25) is 0 Å². The fraction of sp³-hybridized carbons (Fsp3) is 0. The number of carbonyl (C=O) groups excluding carboxylic acids is 1. The van der Waals surface area contributed by atoms with Crippen LogP contribution < -0.4 is 0 Å². The van der Waals surface area contributed by atoms with E-state index in [2.05, 4.69) is 4.98 Å². The summed E-state index contributed by atoms with van der Waals surface area (Å²) in [4.78, 5) is 13.5. The van der Waals surface area contributed by atoms with E-state index in [9.17, 15) is 4.79 Å². The molecule has 1 radical (unpaired) electrons. The number of pyridine rings is 1. The van der Waals surface area contributed by atoms with Gasteiger partial charge in [-0.3, -0.25) is 9.78 Å². The van der Waals surface area contributed by atoms with Gasteiger partial charge in [-0.05, 0) is 12.1 Å². The predicted molar refractivity (Wildman–Crippen MR) is 29.0 cm³/mol. The van der Waals surface area contributed by atoms with Gasteiger partial charge in [0.15, 0.2) is 0 Å². The van der Waals surface area contributed by atoms with Crippen molar-refractivity contribution < 1.29 is 4.79 Å². The largest absolute Gasteiger partial charge is 0.285 e. The predicted octanol–water partition coefficient (Wildman–Crippen LogP) is 0.539. The quantitative estimate of drug-likeness (QED) is 0.523. The molecule has 0 amide bonds. The number of nitrogens with zero attached hydrogens (tertiary/aromatic N) is 1. The van der Waals surface area contributed by atoms with Crippen molar-refractivity contribution in [1.82, 2.24) is 4.98 Å². The number of hydrogen-bond acceptors (Lipinski definition) is 2. The Bertz CT molecular complexity index is 171. The van der Waals surface area contributed by atoms with Crippen molar-refractivity contribution in [2.24, 2.45) is 0 Å². The third-order valence-electron chi connectivity index (χ3n) is 0.779. The Labute approximate surface area is 47.2 Å². The van der Waals surface area contributed by atoms with Crippen molar-refractivity contribution in [3.8, 4) is 0 Å². The van der Waals surface area contributed by atoms with Gasteiger partial charge in [0.1, 0.15) is 0 Å². The average molecular weight is 106 g/mol. The summed E-state index contributed by atoms with van der Waals surface area (Å²) in [7, 11) is 0. The zero-order valence-electron chi connectivity index (χ0n) is 4.16. The van der Waals surface area contributed by atoms with E-state index in [4.69, 9.17) is 0 Å². The minimum Gasteiger partial charge on any atom is -0.285 e. The number of rotatable bonds is 1. The Morgan fingerprint density at radius 2 is 2.50 bits per heavy atom. The molecule has 1 aromatic rings. The van der Waals surface area contributed by atoms with E-state index < -0.39 is 0 Å². The molecule has 0 aliphatic rings. The van der Waals surface area contributed by atoms with Crippen molar-refractivity contribution >= 4 is 6.29 Å². The summed E-state index contributed by atoms with van der Waals surface area (Å²) in [6.07, 6.45) is 4.79. The molecule has 8 heavy (non-hydrogen) atoms. The molecule has 1 aromatic heterocycles. The van der Waals surface area contributed by atoms with E-state index in [0.717, 1.165) is 0 Å². The van der Waals surface area contributed by atoms with Gasteiger partial charge in [0.25, 0.3) is 0 Å². The summed E-state index contributed by atoms with van der Waals surface area (Å²) in [5.74, 6) is 0. The standard InChI is InChI=1S/C6H4NO/c8-5-6-2-1-3-7-4-6/h1-4H. The van der Waals surface area contributed by atoms with E-state index in [1.54, 1.807) is 24.6 Å². The molecule has 2 nitrogen and oxygen atoms in total. The van der Waals surface area contributed by atoms with Crippen LogP contribution in [0.5, 0.6) is 0 Å².